The molecule has 30 heavy (non-hydrogen) atoms. The van der Waals surface area contributed by atoms with E-state index in [-0.39, 0.29) is 49.2 Å². The molecule has 1 heterocycles. The lowest BCUT2D eigenvalue weighted by molar-refractivity contribution is -0.149. The SMILES string of the molecule is O=CN(O)CCc1ccccc1S(=O)(=O)N1CCC(Oc2ccc(F)cc2F)CC1. The minimum Gasteiger partial charge on any atom is -0.487 e. The number of halogens is 2. The standard InChI is InChI=1S/C20H22F2N2O5S/c21-16-5-6-19(18(22)13-16)29-17-8-11-24(12-9-17)30(27,28)20-4-2-1-3-15(20)7-10-23(26)14-25/h1-6,13-14,17,26H,7-12H2. The molecule has 0 unspecified atom stereocenters. The third-order valence-electron chi connectivity index (χ3n) is 4.91. The van der Waals surface area contributed by atoms with E-state index < -0.39 is 21.7 Å². The molecule has 10 heteroatoms. The van der Waals surface area contributed by atoms with E-state index in [1.807, 2.05) is 0 Å². The van der Waals surface area contributed by atoms with Crippen molar-refractivity contribution in [1.29, 1.82) is 0 Å². The van der Waals surface area contributed by atoms with Crippen molar-refractivity contribution in [2.75, 3.05) is 19.6 Å². The van der Waals surface area contributed by atoms with Crippen molar-refractivity contribution >= 4 is 16.4 Å². The van der Waals surface area contributed by atoms with Crippen LogP contribution >= 0.6 is 0 Å². The Labute approximate surface area is 173 Å². The molecule has 0 aliphatic carbocycles. The maximum absolute atomic E-state index is 13.8. The summed E-state index contributed by atoms with van der Waals surface area (Å²) >= 11 is 0. The van der Waals surface area contributed by atoms with Gasteiger partial charge in [0.15, 0.2) is 11.6 Å². The highest BCUT2D eigenvalue weighted by Gasteiger charge is 2.31. The van der Waals surface area contributed by atoms with Gasteiger partial charge in [-0.2, -0.15) is 4.31 Å². The number of nitrogens with zero attached hydrogens (tertiary/aromatic N) is 2. The number of ether oxygens (including phenoxy) is 1. The number of sulfonamides is 1. The van der Waals surface area contributed by atoms with E-state index in [9.17, 15) is 27.2 Å². The average Bonchev–Trinajstić information content (AvgIpc) is 2.74. The third kappa shape index (κ3) is 5.13. The first-order valence-electron chi connectivity index (χ1n) is 9.42. The maximum atomic E-state index is 13.8. The van der Waals surface area contributed by atoms with Crippen LogP contribution in [0.25, 0.3) is 0 Å². The van der Waals surface area contributed by atoms with Crippen molar-refractivity contribution in [3.63, 3.8) is 0 Å². The minimum absolute atomic E-state index is 0.0326. The molecule has 1 amide bonds. The molecule has 2 aromatic rings. The predicted octanol–water partition coefficient (Wildman–Crippen LogP) is 2.59. The van der Waals surface area contributed by atoms with Crippen molar-refractivity contribution in [3.05, 3.63) is 59.7 Å². The second kappa shape index (κ2) is 9.50. The van der Waals surface area contributed by atoms with Crippen LogP contribution in [0.1, 0.15) is 18.4 Å². The molecule has 2 aromatic carbocycles. The van der Waals surface area contributed by atoms with Gasteiger partial charge in [0, 0.05) is 19.2 Å². The summed E-state index contributed by atoms with van der Waals surface area (Å²) in [6.45, 7) is 0.338. The highest BCUT2D eigenvalue weighted by Crippen LogP contribution is 2.27. The Balaban J connectivity index is 1.67. The Hall–Kier alpha value is -2.56. The second-order valence-electron chi connectivity index (χ2n) is 6.92. The number of carbonyl (C=O) groups excluding carboxylic acids is 1. The van der Waals surface area contributed by atoms with E-state index in [1.165, 1.54) is 16.4 Å². The molecule has 3 rings (SSSR count). The van der Waals surface area contributed by atoms with Crippen LogP contribution < -0.4 is 4.74 Å². The normalized spacial score (nSPS) is 15.7. The van der Waals surface area contributed by atoms with Crippen LogP contribution in [0.15, 0.2) is 47.4 Å². The summed E-state index contributed by atoms with van der Waals surface area (Å²) in [5, 5.41) is 9.75. The molecular formula is C20H22F2N2O5S. The molecule has 1 saturated heterocycles. The van der Waals surface area contributed by atoms with E-state index in [0.29, 0.717) is 23.5 Å². The number of hydrogen-bond acceptors (Lipinski definition) is 5. The van der Waals surface area contributed by atoms with E-state index >= 15 is 0 Å². The quantitative estimate of drug-likeness (QED) is 0.387. The van der Waals surface area contributed by atoms with E-state index in [2.05, 4.69) is 0 Å². The lowest BCUT2D eigenvalue weighted by Gasteiger charge is -2.32. The van der Waals surface area contributed by atoms with E-state index in [1.54, 1.807) is 18.2 Å². The summed E-state index contributed by atoms with van der Waals surface area (Å²) < 4.78 is 59.9. The van der Waals surface area contributed by atoms with Crippen molar-refractivity contribution < 1.29 is 31.9 Å². The minimum atomic E-state index is -3.79. The summed E-state index contributed by atoms with van der Waals surface area (Å²) in [5.74, 6) is -1.56. The lowest BCUT2D eigenvalue weighted by Crippen LogP contribution is -2.42. The van der Waals surface area contributed by atoms with Crippen molar-refractivity contribution in [1.82, 2.24) is 9.37 Å². The molecule has 0 atom stereocenters. The van der Waals surface area contributed by atoms with Gasteiger partial charge in [-0.25, -0.2) is 22.3 Å². The van der Waals surface area contributed by atoms with Crippen LogP contribution in [-0.2, 0) is 21.2 Å². The van der Waals surface area contributed by atoms with Crippen LogP contribution in [0.3, 0.4) is 0 Å². The molecule has 162 valence electrons. The number of carbonyl (C=O) groups is 1. The van der Waals surface area contributed by atoms with Gasteiger partial charge in [-0.3, -0.25) is 10.0 Å². The molecule has 1 aliphatic rings. The third-order valence-corrected chi connectivity index (χ3v) is 6.91. The zero-order valence-corrected chi connectivity index (χ0v) is 16.9. The Morgan fingerprint density at radius 3 is 2.53 bits per heavy atom. The van der Waals surface area contributed by atoms with Crippen LogP contribution in [-0.4, -0.2) is 55.1 Å². The molecule has 1 fully saturated rings. The number of benzene rings is 2. The van der Waals surface area contributed by atoms with E-state index in [0.717, 1.165) is 12.1 Å². The number of piperidine rings is 1. The number of amides is 1. The highest BCUT2D eigenvalue weighted by atomic mass is 32.2. The van der Waals surface area contributed by atoms with Gasteiger partial charge in [-0.05, 0) is 43.0 Å². The van der Waals surface area contributed by atoms with Gasteiger partial charge >= 0.3 is 0 Å². The monoisotopic (exact) mass is 440 g/mol. The summed E-state index contributed by atoms with van der Waals surface area (Å²) in [4.78, 5) is 10.7. The van der Waals surface area contributed by atoms with Crippen LogP contribution in [0.4, 0.5) is 8.78 Å². The van der Waals surface area contributed by atoms with Crippen LogP contribution in [0.5, 0.6) is 5.75 Å². The zero-order chi connectivity index (χ0) is 21.7. The summed E-state index contributed by atoms with van der Waals surface area (Å²) in [5.41, 5.74) is 0.491. The Morgan fingerprint density at radius 2 is 1.87 bits per heavy atom. The number of hydrogen-bond donors (Lipinski definition) is 1. The molecule has 0 saturated carbocycles. The second-order valence-corrected chi connectivity index (χ2v) is 8.83. The molecule has 0 spiro atoms. The smallest absolute Gasteiger partial charge is 0.243 e. The first-order valence-corrected chi connectivity index (χ1v) is 10.9. The molecule has 1 N–H and O–H groups in total. The maximum Gasteiger partial charge on any atom is 0.243 e. The van der Waals surface area contributed by atoms with Gasteiger partial charge in [-0.1, -0.05) is 18.2 Å². The van der Waals surface area contributed by atoms with Gasteiger partial charge < -0.3 is 4.74 Å². The molecule has 0 aromatic heterocycles. The Morgan fingerprint density at radius 1 is 1.17 bits per heavy atom. The van der Waals surface area contributed by atoms with E-state index in [4.69, 9.17) is 4.74 Å². The van der Waals surface area contributed by atoms with Crippen molar-refractivity contribution in [3.8, 4) is 5.75 Å². The fourth-order valence-corrected chi connectivity index (χ4v) is 5.05. The van der Waals surface area contributed by atoms with Crippen LogP contribution in [0, 0.1) is 11.6 Å². The first kappa shape index (κ1) is 22.1. The number of rotatable bonds is 8. The highest BCUT2D eigenvalue weighted by molar-refractivity contribution is 7.89. The Bertz CT molecular complexity index is 994. The molecular weight excluding hydrogens is 418 g/mol. The van der Waals surface area contributed by atoms with Crippen molar-refractivity contribution in [2.45, 2.75) is 30.3 Å². The summed E-state index contributed by atoms with van der Waals surface area (Å²) in [6.07, 6.45) is 0.753. The largest absolute Gasteiger partial charge is 0.487 e. The van der Waals surface area contributed by atoms with Gasteiger partial charge in [0.05, 0.1) is 11.4 Å². The van der Waals surface area contributed by atoms with Gasteiger partial charge in [0.25, 0.3) is 0 Å². The zero-order valence-electron chi connectivity index (χ0n) is 16.1. The fraction of sp³-hybridized carbons (Fsp3) is 0.350. The van der Waals surface area contributed by atoms with Crippen LogP contribution in [0.2, 0.25) is 0 Å². The molecule has 1 aliphatic heterocycles. The lowest BCUT2D eigenvalue weighted by atomic mass is 10.1. The Kier molecular flexibility index (Phi) is 7.01. The molecule has 7 nitrogen and oxygen atoms in total. The molecule has 0 radical (unpaired) electrons. The average molecular weight is 440 g/mol. The summed E-state index contributed by atoms with van der Waals surface area (Å²) in [7, 11) is -3.79. The van der Waals surface area contributed by atoms with Gasteiger partial charge in [0.2, 0.25) is 16.4 Å². The fourth-order valence-electron chi connectivity index (χ4n) is 3.33. The topological polar surface area (TPSA) is 87.2 Å². The predicted molar refractivity (Wildman–Crippen MR) is 103 cm³/mol. The van der Waals surface area contributed by atoms with Crippen molar-refractivity contribution in [2.24, 2.45) is 0 Å². The molecule has 0 bridgehead atoms. The summed E-state index contributed by atoms with van der Waals surface area (Å²) in [6, 6.07) is 9.49. The van der Waals surface area contributed by atoms with Gasteiger partial charge in [-0.15, -0.1) is 0 Å². The first-order chi connectivity index (χ1) is 14.3. The van der Waals surface area contributed by atoms with Gasteiger partial charge in [0.1, 0.15) is 11.9 Å². The number of hydroxylamine groups is 2.